The van der Waals surface area contributed by atoms with Gasteiger partial charge in [-0.25, -0.2) is 0 Å². The fraction of sp³-hybridized carbons (Fsp3) is 0.500. The summed E-state index contributed by atoms with van der Waals surface area (Å²) in [7, 11) is 0. The molecule has 1 heterocycles. The molecule has 0 saturated carbocycles. The van der Waals surface area contributed by atoms with E-state index < -0.39 is 0 Å². The number of halogens is 1. The number of carbonyl (C=O) groups excluding carboxylic acids is 1. The number of carbonyl (C=O) groups is 1. The number of hydrogen-bond donors (Lipinski definition) is 1. The van der Waals surface area contributed by atoms with E-state index in [9.17, 15) is 4.79 Å². The van der Waals surface area contributed by atoms with Gasteiger partial charge in [-0.2, -0.15) is 0 Å². The van der Waals surface area contributed by atoms with Crippen molar-refractivity contribution in [2.75, 3.05) is 37.6 Å². The second-order valence-corrected chi connectivity index (χ2v) is 5.17. The van der Waals surface area contributed by atoms with Crippen LogP contribution in [0.1, 0.15) is 12.8 Å². The van der Waals surface area contributed by atoms with Gasteiger partial charge in [-0.15, -0.1) is 0 Å². The minimum atomic E-state index is 0.223. The molecule has 1 amide bonds. The van der Waals surface area contributed by atoms with Crippen LogP contribution in [0.15, 0.2) is 24.3 Å². The van der Waals surface area contributed by atoms with Gasteiger partial charge in [0.25, 0.3) is 0 Å². The molecule has 0 bridgehead atoms. The molecule has 0 aromatic heterocycles. The van der Waals surface area contributed by atoms with Gasteiger partial charge in [0.15, 0.2) is 0 Å². The quantitative estimate of drug-likeness (QED) is 0.914. The Morgan fingerprint density at radius 3 is 2.37 bits per heavy atom. The first-order chi connectivity index (χ1) is 9.20. The van der Waals surface area contributed by atoms with Crippen molar-refractivity contribution in [1.82, 2.24) is 4.90 Å². The molecule has 19 heavy (non-hydrogen) atoms. The van der Waals surface area contributed by atoms with E-state index in [0.717, 1.165) is 37.6 Å². The normalized spacial score (nSPS) is 15.7. The lowest BCUT2D eigenvalue weighted by Gasteiger charge is -2.36. The Morgan fingerprint density at radius 1 is 1.16 bits per heavy atom. The molecule has 104 valence electrons. The van der Waals surface area contributed by atoms with Crippen LogP contribution in [0, 0.1) is 0 Å². The maximum Gasteiger partial charge on any atom is 0.222 e. The molecule has 0 aliphatic carbocycles. The Balaban J connectivity index is 1.85. The van der Waals surface area contributed by atoms with Crippen LogP contribution in [-0.4, -0.2) is 43.5 Å². The summed E-state index contributed by atoms with van der Waals surface area (Å²) in [6.45, 7) is 3.89. The summed E-state index contributed by atoms with van der Waals surface area (Å²) in [6, 6.07) is 7.84. The van der Waals surface area contributed by atoms with Crippen LogP contribution < -0.4 is 10.6 Å². The molecular formula is C14H20ClN3O. The van der Waals surface area contributed by atoms with Gasteiger partial charge in [0.1, 0.15) is 0 Å². The summed E-state index contributed by atoms with van der Waals surface area (Å²) in [5.41, 5.74) is 6.59. The molecule has 1 aliphatic rings. The van der Waals surface area contributed by atoms with Crippen LogP contribution in [0.5, 0.6) is 0 Å². The predicted octanol–water partition coefficient (Wildman–Crippen LogP) is 1.73. The molecule has 1 aromatic rings. The van der Waals surface area contributed by atoms with E-state index in [1.165, 1.54) is 5.69 Å². The van der Waals surface area contributed by atoms with Crippen LogP contribution in [0.2, 0.25) is 5.02 Å². The highest BCUT2D eigenvalue weighted by Gasteiger charge is 2.20. The average molecular weight is 282 g/mol. The fourth-order valence-corrected chi connectivity index (χ4v) is 2.40. The zero-order chi connectivity index (χ0) is 13.7. The lowest BCUT2D eigenvalue weighted by molar-refractivity contribution is -0.131. The first kappa shape index (κ1) is 14.2. The van der Waals surface area contributed by atoms with E-state index in [1.54, 1.807) is 0 Å². The minimum absolute atomic E-state index is 0.223. The monoisotopic (exact) mass is 281 g/mol. The summed E-state index contributed by atoms with van der Waals surface area (Å²) < 4.78 is 0. The van der Waals surface area contributed by atoms with E-state index in [-0.39, 0.29) is 5.91 Å². The Bertz CT molecular complexity index is 413. The average Bonchev–Trinajstić information content (AvgIpc) is 2.46. The molecule has 1 aliphatic heterocycles. The number of piperazine rings is 1. The topological polar surface area (TPSA) is 49.6 Å². The van der Waals surface area contributed by atoms with Crippen molar-refractivity contribution < 1.29 is 4.79 Å². The molecule has 2 N–H and O–H groups in total. The zero-order valence-electron chi connectivity index (χ0n) is 11.0. The van der Waals surface area contributed by atoms with Gasteiger partial charge in [-0.3, -0.25) is 4.79 Å². The number of hydrogen-bond acceptors (Lipinski definition) is 3. The third kappa shape index (κ3) is 3.85. The molecule has 1 aromatic carbocycles. The molecule has 0 spiro atoms. The lowest BCUT2D eigenvalue weighted by atomic mass is 10.2. The van der Waals surface area contributed by atoms with E-state index in [1.807, 2.05) is 29.2 Å². The molecule has 1 saturated heterocycles. The van der Waals surface area contributed by atoms with Crippen LogP contribution in [-0.2, 0) is 4.79 Å². The highest BCUT2D eigenvalue weighted by Crippen LogP contribution is 2.19. The molecule has 0 unspecified atom stereocenters. The maximum atomic E-state index is 11.9. The summed E-state index contributed by atoms with van der Waals surface area (Å²) >= 11 is 5.88. The van der Waals surface area contributed by atoms with Crippen molar-refractivity contribution >= 4 is 23.2 Å². The smallest absolute Gasteiger partial charge is 0.222 e. The van der Waals surface area contributed by atoms with Gasteiger partial charge in [0.05, 0.1) is 0 Å². The molecule has 5 heteroatoms. The number of amides is 1. The fourth-order valence-electron chi connectivity index (χ4n) is 2.28. The number of rotatable bonds is 4. The number of nitrogens with zero attached hydrogens (tertiary/aromatic N) is 2. The van der Waals surface area contributed by atoms with E-state index >= 15 is 0 Å². The summed E-state index contributed by atoms with van der Waals surface area (Å²) in [5, 5.41) is 0.749. The SMILES string of the molecule is NCCCC(=O)N1CCN(c2ccc(Cl)cc2)CC1. The second kappa shape index (κ2) is 6.78. The van der Waals surface area contributed by atoms with Crippen LogP contribution >= 0.6 is 11.6 Å². The lowest BCUT2D eigenvalue weighted by Crippen LogP contribution is -2.48. The molecule has 0 radical (unpaired) electrons. The van der Waals surface area contributed by atoms with Crippen molar-refractivity contribution in [1.29, 1.82) is 0 Å². The standard InChI is InChI=1S/C14H20ClN3O/c15-12-3-5-13(6-4-12)17-8-10-18(11-9-17)14(19)2-1-7-16/h3-6H,1-2,7-11,16H2. The first-order valence-corrected chi connectivity index (χ1v) is 7.07. The Labute approximate surface area is 119 Å². The largest absolute Gasteiger partial charge is 0.368 e. The van der Waals surface area contributed by atoms with Crippen molar-refractivity contribution in [2.24, 2.45) is 5.73 Å². The number of anilines is 1. The highest BCUT2D eigenvalue weighted by molar-refractivity contribution is 6.30. The number of nitrogens with two attached hydrogens (primary N) is 1. The minimum Gasteiger partial charge on any atom is -0.368 e. The molecule has 1 fully saturated rings. The number of benzene rings is 1. The highest BCUT2D eigenvalue weighted by atomic mass is 35.5. The van der Waals surface area contributed by atoms with Crippen LogP contribution in [0.3, 0.4) is 0 Å². The molecule has 2 rings (SSSR count). The van der Waals surface area contributed by atoms with E-state index in [0.29, 0.717) is 13.0 Å². The van der Waals surface area contributed by atoms with Gasteiger partial charge < -0.3 is 15.5 Å². The van der Waals surface area contributed by atoms with E-state index in [2.05, 4.69) is 4.90 Å². The van der Waals surface area contributed by atoms with Crippen molar-refractivity contribution in [3.8, 4) is 0 Å². The van der Waals surface area contributed by atoms with Crippen LogP contribution in [0.4, 0.5) is 5.69 Å². The molecular weight excluding hydrogens is 262 g/mol. The Kier molecular flexibility index (Phi) is 5.05. The third-order valence-electron chi connectivity index (χ3n) is 3.42. The molecule has 0 atom stereocenters. The third-order valence-corrected chi connectivity index (χ3v) is 3.67. The first-order valence-electron chi connectivity index (χ1n) is 6.69. The summed E-state index contributed by atoms with van der Waals surface area (Å²) in [6.07, 6.45) is 1.34. The van der Waals surface area contributed by atoms with Gasteiger partial charge in [-0.1, -0.05) is 11.6 Å². The van der Waals surface area contributed by atoms with Gasteiger partial charge in [0, 0.05) is 43.3 Å². The van der Waals surface area contributed by atoms with Crippen molar-refractivity contribution in [2.45, 2.75) is 12.8 Å². The van der Waals surface area contributed by atoms with Crippen molar-refractivity contribution in [3.63, 3.8) is 0 Å². The van der Waals surface area contributed by atoms with E-state index in [4.69, 9.17) is 17.3 Å². The second-order valence-electron chi connectivity index (χ2n) is 4.74. The van der Waals surface area contributed by atoms with Gasteiger partial charge in [0.2, 0.25) is 5.91 Å². The summed E-state index contributed by atoms with van der Waals surface area (Å²) in [4.78, 5) is 16.1. The maximum absolute atomic E-state index is 11.9. The predicted molar refractivity (Wildman–Crippen MR) is 78.5 cm³/mol. The summed E-state index contributed by atoms with van der Waals surface area (Å²) in [5.74, 6) is 0.223. The van der Waals surface area contributed by atoms with Crippen molar-refractivity contribution in [3.05, 3.63) is 29.3 Å². The van der Waals surface area contributed by atoms with Crippen LogP contribution in [0.25, 0.3) is 0 Å². The Morgan fingerprint density at radius 2 is 1.79 bits per heavy atom. The van der Waals surface area contributed by atoms with Gasteiger partial charge >= 0.3 is 0 Å². The zero-order valence-corrected chi connectivity index (χ0v) is 11.8. The molecule has 4 nitrogen and oxygen atoms in total. The van der Waals surface area contributed by atoms with Gasteiger partial charge in [-0.05, 0) is 37.2 Å². The Hall–Kier alpha value is -1.26.